The van der Waals surface area contributed by atoms with Gasteiger partial charge in [-0.25, -0.2) is 4.99 Å². The number of ketones is 1. The molecule has 0 aliphatic carbocycles. The van der Waals surface area contributed by atoms with E-state index in [-0.39, 0.29) is 18.1 Å². The van der Waals surface area contributed by atoms with Crippen molar-refractivity contribution < 1.29 is 9.59 Å². The van der Waals surface area contributed by atoms with Crippen LogP contribution < -0.4 is 0 Å². The summed E-state index contributed by atoms with van der Waals surface area (Å²) in [5.41, 5.74) is 1.40. The highest BCUT2D eigenvalue weighted by Crippen LogP contribution is 2.34. The molecule has 0 N–H and O–H groups in total. The summed E-state index contributed by atoms with van der Waals surface area (Å²) in [5, 5.41) is 2.22. The minimum absolute atomic E-state index is 0.0571. The number of nitrogens with zero attached hydrogens (tertiary/aromatic N) is 2. The van der Waals surface area contributed by atoms with Crippen LogP contribution in [-0.2, 0) is 4.79 Å². The first-order chi connectivity index (χ1) is 14.6. The topological polar surface area (TPSA) is 49.7 Å². The third-order valence-electron chi connectivity index (χ3n) is 4.85. The van der Waals surface area contributed by atoms with Gasteiger partial charge in [-0.15, -0.1) is 6.58 Å². The van der Waals surface area contributed by atoms with E-state index >= 15 is 0 Å². The van der Waals surface area contributed by atoms with E-state index in [0.717, 1.165) is 20.9 Å². The van der Waals surface area contributed by atoms with Crippen LogP contribution in [0.25, 0.3) is 10.8 Å². The van der Waals surface area contributed by atoms with Gasteiger partial charge in [-0.3, -0.25) is 14.5 Å². The van der Waals surface area contributed by atoms with Crippen molar-refractivity contribution >= 4 is 61.0 Å². The highest BCUT2D eigenvalue weighted by molar-refractivity contribution is 9.10. The van der Waals surface area contributed by atoms with E-state index < -0.39 is 5.25 Å². The molecule has 4 nitrogen and oxygen atoms in total. The number of benzene rings is 3. The van der Waals surface area contributed by atoms with Crippen molar-refractivity contribution in [2.45, 2.75) is 11.7 Å². The zero-order valence-corrected chi connectivity index (χ0v) is 18.5. The third-order valence-corrected chi connectivity index (χ3v) is 6.56. The SMILES string of the molecule is C=CCN1C(=O)[C@H](CC(=O)c2ccc(Br)cc2)SC1=Nc1cccc2ccccc12. The fourth-order valence-corrected chi connectivity index (χ4v) is 4.78. The second-order valence-electron chi connectivity index (χ2n) is 6.87. The van der Waals surface area contributed by atoms with Crippen molar-refractivity contribution in [3.05, 3.63) is 89.4 Å². The molecule has 6 heteroatoms. The summed E-state index contributed by atoms with van der Waals surface area (Å²) in [7, 11) is 0. The largest absolute Gasteiger partial charge is 0.294 e. The van der Waals surface area contributed by atoms with Gasteiger partial charge < -0.3 is 0 Å². The van der Waals surface area contributed by atoms with E-state index in [1.54, 1.807) is 23.1 Å². The van der Waals surface area contributed by atoms with Crippen LogP contribution in [-0.4, -0.2) is 33.6 Å². The number of amidine groups is 1. The Labute approximate surface area is 187 Å². The van der Waals surface area contributed by atoms with Crippen LogP contribution in [0.5, 0.6) is 0 Å². The summed E-state index contributed by atoms with van der Waals surface area (Å²) in [4.78, 5) is 32.1. The number of rotatable bonds is 6. The molecule has 1 atom stereocenters. The molecular formula is C24H19BrN2O2S. The molecule has 1 aliphatic heterocycles. The third kappa shape index (κ3) is 4.25. The molecule has 0 spiro atoms. The lowest BCUT2D eigenvalue weighted by Gasteiger charge is -2.14. The average Bonchev–Trinajstić information content (AvgIpc) is 3.03. The Bertz CT molecular complexity index is 1150. The summed E-state index contributed by atoms with van der Waals surface area (Å²) in [6.45, 7) is 4.12. The minimum Gasteiger partial charge on any atom is -0.294 e. The number of thioether (sulfide) groups is 1. The van der Waals surface area contributed by atoms with E-state index in [2.05, 4.69) is 22.5 Å². The van der Waals surface area contributed by atoms with Crippen LogP contribution in [0.15, 0.2) is 88.9 Å². The molecule has 3 aromatic carbocycles. The first-order valence-electron chi connectivity index (χ1n) is 9.51. The van der Waals surface area contributed by atoms with Crippen molar-refractivity contribution in [1.82, 2.24) is 4.90 Å². The lowest BCUT2D eigenvalue weighted by atomic mass is 10.1. The van der Waals surface area contributed by atoms with E-state index in [9.17, 15) is 9.59 Å². The van der Waals surface area contributed by atoms with E-state index in [1.807, 2.05) is 54.6 Å². The number of fused-ring (bicyclic) bond motifs is 1. The highest BCUT2D eigenvalue weighted by Gasteiger charge is 2.38. The van der Waals surface area contributed by atoms with E-state index in [4.69, 9.17) is 4.99 Å². The van der Waals surface area contributed by atoms with Crippen LogP contribution in [0.1, 0.15) is 16.8 Å². The fraction of sp³-hybridized carbons (Fsp3) is 0.125. The second kappa shape index (κ2) is 8.98. The molecule has 4 rings (SSSR count). The van der Waals surface area contributed by atoms with Gasteiger partial charge in [0.05, 0.1) is 10.9 Å². The molecule has 1 amide bonds. The van der Waals surface area contributed by atoms with Gasteiger partial charge in [0.2, 0.25) is 5.91 Å². The normalized spacial score (nSPS) is 17.6. The average molecular weight is 479 g/mol. The summed E-state index contributed by atoms with van der Waals surface area (Å²) in [6.07, 6.45) is 1.81. The number of carbonyl (C=O) groups is 2. The van der Waals surface area contributed by atoms with Gasteiger partial charge in [0.15, 0.2) is 11.0 Å². The Morgan fingerprint density at radius 1 is 1.10 bits per heavy atom. The lowest BCUT2D eigenvalue weighted by Crippen LogP contribution is -2.32. The van der Waals surface area contributed by atoms with Gasteiger partial charge >= 0.3 is 0 Å². The molecule has 1 fully saturated rings. The standard InChI is InChI=1S/C24H19BrN2O2S/c1-2-14-27-23(29)22(15-21(28)17-10-12-18(25)13-11-17)30-24(27)26-20-9-5-7-16-6-3-4-8-19(16)20/h2-13,22H,1,14-15H2/t22-/m0/s1. The van der Waals surface area contributed by atoms with Gasteiger partial charge in [-0.2, -0.15) is 0 Å². The number of hydrogen-bond acceptors (Lipinski definition) is 4. The molecule has 3 aromatic rings. The summed E-state index contributed by atoms with van der Waals surface area (Å²) >= 11 is 4.72. The summed E-state index contributed by atoms with van der Waals surface area (Å²) < 4.78 is 0.909. The van der Waals surface area contributed by atoms with Crippen molar-refractivity contribution in [3.8, 4) is 0 Å². The molecule has 1 saturated heterocycles. The first-order valence-corrected chi connectivity index (χ1v) is 11.2. The summed E-state index contributed by atoms with van der Waals surface area (Å²) in [5.74, 6) is -0.164. The Balaban J connectivity index is 1.62. The van der Waals surface area contributed by atoms with Gasteiger partial charge in [-0.05, 0) is 23.6 Å². The van der Waals surface area contributed by atoms with Crippen molar-refractivity contribution in [2.75, 3.05) is 6.54 Å². The fourth-order valence-electron chi connectivity index (χ4n) is 3.35. The maximum Gasteiger partial charge on any atom is 0.242 e. The maximum atomic E-state index is 13.0. The summed E-state index contributed by atoms with van der Waals surface area (Å²) in [6, 6.07) is 21.1. The van der Waals surface area contributed by atoms with Gasteiger partial charge in [0, 0.05) is 28.4 Å². The molecule has 0 aromatic heterocycles. The Morgan fingerprint density at radius 2 is 1.83 bits per heavy atom. The predicted molar refractivity (Wildman–Crippen MR) is 127 cm³/mol. The molecule has 1 heterocycles. The molecule has 30 heavy (non-hydrogen) atoms. The number of carbonyl (C=O) groups excluding carboxylic acids is 2. The lowest BCUT2D eigenvalue weighted by molar-refractivity contribution is -0.125. The molecule has 150 valence electrons. The maximum absolute atomic E-state index is 13.0. The quantitative estimate of drug-likeness (QED) is 0.322. The number of Topliss-reactive ketones (excluding diaryl/α,β-unsaturated/α-hetero) is 1. The van der Waals surface area contributed by atoms with Gasteiger partial charge in [-0.1, -0.05) is 82.3 Å². The van der Waals surface area contributed by atoms with Crippen molar-refractivity contribution in [3.63, 3.8) is 0 Å². The first kappa shape index (κ1) is 20.6. The Kier molecular flexibility index (Phi) is 6.16. The number of hydrogen-bond donors (Lipinski definition) is 0. The Hall–Kier alpha value is -2.70. The zero-order chi connectivity index (χ0) is 21.1. The Morgan fingerprint density at radius 3 is 2.60 bits per heavy atom. The van der Waals surface area contributed by atoms with Crippen LogP contribution >= 0.6 is 27.7 Å². The molecule has 0 radical (unpaired) electrons. The smallest absolute Gasteiger partial charge is 0.242 e. The van der Waals surface area contributed by atoms with Gasteiger partial charge in [0.1, 0.15) is 0 Å². The van der Waals surface area contributed by atoms with Crippen molar-refractivity contribution in [2.24, 2.45) is 4.99 Å². The van der Waals surface area contributed by atoms with Crippen LogP contribution in [0.4, 0.5) is 5.69 Å². The van der Waals surface area contributed by atoms with Gasteiger partial charge in [0.25, 0.3) is 0 Å². The number of halogens is 1. The zero-order valence-electron chi connectivity index (χ0n) is 16.1. The molecule has 0 saturated carbocycles. The molecular weight excluding hydrogens is 460 g/mol. The number of amides is 1. The molecule has 1 aliphatic rings. The van der Waals surface area contributed by atoms with E-state index in [1.165, 1.54) is 11.8 Å². The predicted octanol–water partition coefficient (Wildman–Crippen LogP) is 5.99. The van der Waals surface area contributed by atoms with E-state index in [0.29, 0.717) is 17.3 Å². The van der Waals surface area contributed by atoms with Crippen LogP contribution in [0.3, 0.4) is 0 Å². The second-order valence-corrected chi connectivity index (χ2v) is 8.96. The monoisotopic (exact) mass is 478 g/mol. The number of aliphatic imine (C=N–C) groups is 1. The van der Waals surface area contributed by atoms with Crippen LogP contribution in [0.2, 0.25) is 0 Å². The van der Waals surface area contributed by atoms with Crippen LogP contribution in [0, 0.1) is 0 Å². The van der Waals surface area contributed by atoms with Crippen molar-refractivity contribution in [1.29, 1.82) is 0 Å². The minimum atomic E-state index is -0.491. The highest BCUT2D eigenvalue weighted by atomic mass is 79.9. The molecule has 0 unspecified atom stereocenters. The molecule has 0 bridgehead atoms.